The van der Waals surface area contributed by atoms with Crippen molar-refractivity contribution in [3.8, 4) is 0 Å². The number of anilines is 2. The zero-order valence-electron chi connectivity index (χ0n) is 17.7. The van der Waals surface area contributed by atoms with Crippen molar-refractivity contribution in [3.05, 3.63) is 48.5 Å². The van der Waals surface area contributed by atoms with Gasteiger partial charge in [0.15, 0.2) is 5.16 Å². The summed E-state index contributed by atoms with van der Waals surface area (Å²) in [4.78, 5) is 32.3. The summed E-state index contributed by atoms with van der Waals surface area (Å²) < 4.78 is 2.18. The van der Waals surface area contributed by atoms with E-state index in [1.165, 1.54) is 11.8 Å². The van der Waals surface area contributed by atoms with Crippen LogP contribution in [0.1, 0.15) is 27.7 Å². The Morgan fingerprint density at radius 3 is 2.60 bits per heavy atom. The van der Waals surface area contributed by atoms with E-state index < -0.39 is 5.54 Å². The van der Waals surface area contributed by atoms with E-state index in [0.29, 0.717) is 11.6 Å². The van der Waals surface area contributed by atoms with Gasteiger partial charge < -0.3 is 9.88 Å². The molecule has 0 unspecified atom stereocenters. The number of thioether (sulfide) groups is 1. The van der Waals surface area contributed by atoms with Crippen molar-refractivity contribution >= 4 is 46.0 Å². The smallest absolute Gasteiger partial charge is 0.250 e. The number of rotatable bonds is 5. The van der Waals surface area contributed by atoms with Crippen LogP contribution in [-0.4, -0.2) is 32.7 Å². The second-order valence-electron chi connectivity index (χ2n) is 8.44. The minimum Gasteiger partial charge on any atom is -0.322 e. The highest BCUT2D eigenvalue weighted by atomic mass is 32.2. The molecule has 0 saturated carbocycles. The second-order valence-corrected chi connectivity index (χ2v) is 9.38. The Labute approximate surface area is 180 Å². The third-order valence-corrected chi connectivity index (χ3v) is 6.21. The first-order chi connectivity index (χ1) is 14.3. The average molecular weight is 423 g/mol. The van der Waals surface area contributed by atoms with Gasteiger partial charge >= 0.3 is 0 Å². The minimum absolute atomic E-state index is 0.115. The van der Waals surface area contributed by atoms with Crippen LogP contribution in [0.5, 0.6) is 0 Å². The zero-order chi connectivity index (χ0) is 21.5. The fourth-order valence-corrected chi connectivity index (χ4v) is 4.67. The van der Waals surface area contributed by atoms with Crippen LogP contribution in [0.3, 0.4) is 0 Å². The Kier molecular flexibility index (Phi) is 5.32. The highest BCUT2D eigenvalue weighted by Gasteiger charge is 2.43. The van der Waals surface area contributed by atoms with Gasteiger partial charge in [-0.15, -0.1) is 0 Å². The molecule has 0 atom stereocenters. The third-order valence-electron chi connectivity index (χ3n) is 5.25. The molecule has 1 aliphatic heterocycles. The van der Waals surface area contributed by atoms with Gasteiger partial charge in [0.1, 0.15) is 5.54 Å². The average Bonchev–Trinajstić information content (AvgIpc) is 3.04. The van der Waals surface area contributed by atoms with Gasteiger partial charge in [-0.2, -0.15) is 0 Å². The minimum atomic E-state index is -0.968. The van der Waals surface area contributed by atoms with Crippen LogP contribution in [-0.2, 0) is 16.1 Å². The standard InChI is InChI=1S/C23H26N4O2S/c1-15(2)13-26-18-11-7-5-9-16(18)25-22(26)30-14-20(28)27-19-12-8-6-10-17(19)24-21(29)23(27,3)4/h5-12,15H,13-14H2,1-4H3,(H,24,29). The first kappa shape index (κ1) is 20.5. The van der Waals surface area contributed by atoms with Crippen molar-refractivity contribution < 1.29 is 9.59 Å². The molecule has 2 amide bonds. The van der Waals surface area contributed by atoms with Crippen molar-refractivity contribution in [1.82, 2.24) is 9.55 Å². The van der Waals surface area contributed by atoms with Crippen LogP contribution < -0.4 is 10.2 Å². The summed E-state index contributed by atoms with van der Waals surface area (Å²) in [5.41, 5.74) is 2.42. The Bertz CT molecular complexity index is 1120. The molecule has 3 aromatic rings. The summed E-state index contributed by atoms with van der Waals surface area (Å²) in [5.74, 6) is 0.350. The SMILES string of the molecule is CC(C)Cn1c(SCC(=O)N2c3ccccc3NC(=O)C2(C)C)nc2ccccc21. The van der Waals surface area contributed by atoms with E-state index in [-0.39, 0.29) is 17.6 Å². The molecular weight excluding hydrogens is 396 g/mol. The Morgan fingerprint density at radius 2 is 1.83 bits per heavy atom. The van der Waals surface area contributed by atoms with Crippen molar-refractivity contribution in [1.29, 1.82) is 0 Å². The lowest BCUT2D eigenvalue weighted by molar-refractivity contribution is -0.125. The molecule has 0 radical (unpaired) electrons. The van der Waals surface area contributed by atoms with Gasteiger partial charge in [-0.05, 0) is 44.0 Å². The number of para-hydroxylation sites is 4. The zero-order valence-corrected chi connectivity index (χ0v) is 18.5. The molecule has 2 aromatic carbocycles. The molecule has 4 rings (SSSR count). The summed E-state index contributed by atoms with van der Waals surface area (Å²) in [6.45, 7) is 8.71. The molecule has 1 aliphatic rings. The van der Waals surface area contributed by atoms with Crippen molar-refractivity contribution in [2.24, 2.45) is 5.92 Å². The van der Waals surface area contributed by atoms with Gasteiger partial charge in [-0.1, -0.05) is 49.9 Å². The van der Waals surface area contributed by atoms with Crippen LogP contribution in [0.25, 0.3) is 11.0 Å². The molecular formula is C23H26N4O2S. The quantitative estimate of drug-likeness (QED) is 0.613. The molecule has 0 spiro atoms. The molecule has 6 nitrogen and oxygen atoms in total. The number of carbonyl (C=O) groups is 2. The van der Waals surface area contributed by atoms with Crippen LogP contribution in [0.15, 0.2) is 53.7 Å². The predicted octanol–water partition coefficient (Wildman–Crippen LogP) is 4.55. The van der Waals surface area contributed by atoms with Crippen molar-refractivity contribution in [3.63, 3.8) is 0 Å². The van der Waals surface area contributed by atoms with Crippen molar-refractivity contribution in [2.45, 2.75) is 44.9 Å². The first-order valence-corrected chi connectivity index (χ1v) is 11.1. The van der Waals surface area contributed by atoms with Gasteiger partial charge in [-0.25, -0.2) is 4.98 Å². The number of imidazole rings is 1. The fourth-order valence-electron chi connectivity index (χ4n) is 3.79. The normalized spacial score (nSPS) is 15.4. The Hall–Kier alpha value is -2.80. The molecule has 7 heteroatoms. The van der Waals surface area contributed by atoms with E-state index in [2.05, 4.69) is 29.8 Å². The van der Waals surface area contributed by atoms with E-state index in [9.17, 15) is 9.59 Å². The number of benzene rings is 2. The molecule has 156 valence electrons. The number of carbonyl (C=O) groups excluding carboxylic acids is 2. The molecule has 0 fully saturated rings. The maximum atomic E-state index is 13.3. The summed E-state index contributed by atoms with van der Waals surface area (Å²) in [5, 5.41) is 3.73. The summed E-state index contributed by atoms with van der Waals surface area (Å²) in [6, 6.07) is 15.4. The lowest BCUT2D eigenvalue weighted by Crippen LogP contribution is -2.59. The van der Waals surface area contributed by atoms with E-state index >= 15 is 0 Å². The Morgan fingerprint density at radius 1 is 1.13 bits per heavy atom. The lowest BCUT2D eigenvalue weighted by atomic mass is 9.96. The largest absolute Gasteiger partial charge is 0.322 e. The fraction of sp³-hybridized carbons (Fsp3) is 0.348. The number of nitrogens with zero attached hydrogens (tertiary/aromatic N) is 3. The van der Waals surface area contributed by atoms with Gasteiger partial charge in [0.25, 0.3) is 0 Å². The second kappa shape index (κ2) is 7.80. The van der Waals surface area contributed by atoms with E-state index in [1.807, 2.05) is 42.5 Å². The summed E-state index contributed by atoms with van der Waals surface area (Å²) in [7, 11) is 0. The number of hydrogen-bond acceptors (Lipinski definition) is 4. The third kappa shape index (κ3) is 3.58. The van der Waals surface area contributed by atoms with E-state index in [1.54, 1.807) is 18.7 Å². The van der Waals surface area contributed by atoms with Gasteiger partial charge in [0, 0.05) is 6.54 Å². The van der Waals surface area contributed by atoms with Gasteiger partial charge in [0.05, 0.1) is 28.2 Å². The molecule has 30 heavy (non-hydrogen) atoms. The lowest BCUT2D eigenvalue weighted by Gasteiger charge is -2.42. The number of aromatic nitrogens is 2. The number of amides is 2. The highest BCUT2D eigenvalue weighted by Crippen LogP contribution is 2.37. The van der Waals surface area contributed by atoms with Gasteiger partial charge in [-0.3, -0.25) is 14.5 Å². The number of hydrogen-bond donors (Lipinski definition) is 1. The van der Waals surface area contributed by atoms with E-state index in [0.717, 1.165) is 28.4 Å². The maximum absolute atomic E-state index is 13.3. The van der Waals surface area contributed by atoms with Crippen LogP contribution in [0.2, 0.25) is 0 Å². The molecule has 0 aliphatic carbocycles. The van der Waals surface area contributed by atoms with Crippen LogP contribution in [0, 0.1) is 5.92 Å². The number of nitrogens with one attached hydrogen (secondary N) is 1. The molecule has 1 aromatic heterocycles. The van der Waals surface area contributed by atoms with Crippen LogP contribution in [0.4, 0.5) is 11.4 Å². The van der Waals surface area contributed by atoms with Gasteiger partial charge in [0.2, 0.25) is 11.8 Å². The summed E-state index contributed by atoms with van der Waals surface area (Å²) >= 11 is 1.42. The molecule has 2 heterocycles. The monoisotopic (exact) mass is 422 g/mol. The molecule has 0 saturated heterocycles. The molecule has 1 N–H and O–H groups in total. The summed E-state index contributed by atoms with van der Waals surface area (Å²) in [6.07, 6.45) is 0. The van der Waals surface area contributed by atoms with Crippen LogP contribution >= 0.6 is 11.8 Å². The topological polar surface area (TPSA) is 67.2 Å². The highest BCUT2D eigenvalue weighted by molar-refractivity contribution is 7.99. The molecule has 0 bridgehead atoms. The maximum Gasteiger partial charge on any atom is 0.250 e. The van der Waals surface area contributed by atoms with E-state index in [4.69, 9.17) is 4.98 Å². The van der Waals surface area contributed by atoms with Crippen molar-refractivity contribution in [2.75, 3.05) is 16.0 Å². The predicted molar refractivity (Wildman–Crippen MR) is 122 cm³/mol. The number of fused-ring (bicyclic) bond motifs is 2. The first-order valence-electron chi connectivity index (χ1n) is 10.1. The Balaban J connectivity index is 1.63.